The average Bonchev–Trinajstić information content (AvgIpc) is 2.67. The van der Waals surface area contributed by atoms with Gasteiger partial charge >= 0.3 is 5.97 Å². The molecule has 0 aliphatic rings. The third kappa shape index (κ3) is 5.98. The number of methoxy groups -OCH3 is 1. The van der Waals surface area contributed by atoms with Crippen LogP contribution in [0.25, 0.3) is 6.08 Å². The Morgan fingerprint density at radius 2 is 1.81 bits per heavy atom. The first-order valence-corrected chi connectivity index (χ1v) is 8.13. The molecule has 0 radical (unpaired) electrons. The molecule has 2 aromatic rings. The van der Waals surface area contributed by atoms with Crippen LogP contribution in [-0.4, -0.2) is 32.2 Å². The van der Waals surface area contributed by atoms with Gasteiger partial charge in [0.2, 0.25) is 0 Å². The molecule has 6 nitrogen and oxygen atoms in total. The standard InChI is InChI=1S/C20H21NO5/c1-3-25-18-7-5-4-6-17(18)21-19(22)14-26-20(23)13-10-15-8-11-16(24-2)12-9-15/h4-13H,3,14H2,1-2H3,(H,21,22). The molecule has 0 aliphatic heterocycles. The Morgan fingerprint density at radius 3 is 2.50 bits per heavy atom. The van der Waals surface area contributed by atoms with E-state index >= 15 is 0 Å². The molecule has 26 heavy (non-hydrogen) atoms. The third-order valence-electron chi connectivity index (χ3n) is 3.33. The molecule has 0 atom stereocenters. The summed E-state index contributed by atoms with van der Waals surface area (Å²) in [6.07, 6.45) is 2.87. The van der Waals surface area contributed by atoms with Crippen LogP contribution in [-0.2, 0) is 14.3 Å². The minimum atomic E-state index is -0.603. The molecule has 136 valence electrons. The summed E-state index contributed by atoms with van der Waals surface area (Å²) in [7, 11) is 1.58. The quantitative estimate of drug-likeness (QED) is 0.581. The van der Waals surface area contributed by atoms with Crippen molar-refractivity contribution < 1.29 is 23.8 Å². The first kappa shape index (κ1) is 19.1. The lowest BCUT2D eigenvalue weighted by molar-refractivity contribution is -0.142. The van der Waals surface area contributed by atoms with E-state index in [0.717, 1.165) is 11.3 Å². The van der Waals surface area contributed by atoms with Gasteiger partial charge in [-0.25, -0.2) is 4.79 Å². The highest BCUT2D eigenvalue weighted by Crippen LogP contribution is 2.23. The van der Waals surface area contributed by atoms with Gasteiger partial charge in [0, 0.05) is 6.08 Å². The Kier molecular flexibility index (Phi) is 7.24. The highest BCUT2D eigenvalue weighted by atomic mass is 16.5. The van der Waals surface area contributed by atoms with Gasteiger partial charge in [0.15, 0.2) is 6.61 Å². The van der Waals surface area contributed by atoms with E-state index in [1.54, 1.807) is 55.7 Å². The van der Waals surface area contributed by atoms with Gasteiger partial charge in [-0.05, 0) is 42.8 Å². The van der Waals surface area contributed by atoms with Gasteiger partial charge in [-0.3, -0.25) is 4.79 Å². The molecule has 0 fully saturated rings. The first-order valence-electron chi connectivity index (χ1n) is 8.13. The van der Waals surface area contributed by atoms with Gasteiger partial charge in [0.05, 0.1) is 19.4 Å². The SMILES string of the molecule is CCOc1ccccc1NC(=O)COC(=O)C=Cc1ccc(OC)cc1. The van der Waals surface area contributed by atoms with Crippen LogP contribution in [0.15, 0.2) is 54.6 Å². The van der Waals surface area contributed by atoms with Crippen molar-refractivity contribution in [3.8, 4) is 11.5 Å². The zero-order valence-corrected chi connectivity index (χ0v) is 14.7. The van der Waals surface area contributed by atoms with E-state index in [9.17, 15) is 9.59 Å². The predicted molar refractivity (Wildman–Crippen MR) is 99.2 cm³/mol. The second-order valence-corrected chi connectivity index (χ2v) is 5.19. The van der Waals surface area contributed by atoms with Crippen LogP contribution in [0.4, 0.5) is 5.69 Å². The molecule has 0 bridgehead atoms. The van der Waals surface area contributed by atoms with Crippen molar-refractivity contribution >= 4 is 23.6 Å². The monoisotopic (exact) mass is 355 g/mol. The number of carbonyl (C=O) groups is 2. The molecular weight excluding hydrogens is 334 g/mol. The summed E-state index contributed by atoms with van der Waals surface area (Å²) in [5, 5.41) is 2.66. The molecule has 1 N–H and O–H groups in total. The lowest BCUT2D eigenvalue weighted by Crippen LogP contribution is -2.20. The van der Waals surface area contributed by atoms with Crippen LogP contribution >= 0.6 is 0 Å². The molecule has 6 heteroatoms. The van der Waals surface area contributed by atoms with Crippen LogP contribution in [0.3, 0.4) is 0 Å². The summed E-state index contributed by atoms with van der Waals surface area (Å²) in [4.78, 5) is 23.7. The van der Waals surface area contributed by atoms with Gasteiger partial charge in [-0.15, -0.1) is 0 Å². The Labute approximate surface area is 152 Å². The van der Waals surface area contributed by atoms with Crippen LogP contribution < -0.4 is 14.8 Å². The van der Waals surface area contributed by atoms with E-state index in [0.29, 0.717) is 18.0 Å². The first-order chi connectivity index (χ1) is 12.6. The molecular formula is C20H21NO5. The van der Waals surface area contributed by atoms with Crippen LogP contribution in [0.1, 0.15) is 12.5 Å². The number of hydrogen-bond acceptors (Lipinski definition) is 5. The zero-order valence-electron chi connectivity index (χ0n) is 14.7. The number of esters is 1. The normalized spacial score (nSPS) is 10.4. The Balaban J connectivity index is 1.83. The predicted octanol–water partition coefficient (Wildman–Crippen LogP) is 3.29. The number of carbonyl (C=O) groups excluding carboxylic acids is 2. The van der Waals surface area contributed by atoms with Gasteiger partial charge in [-0.2, -0.15) is 0 Å². The molecule has 0 saturated carbocycles. The topological polar surface area (TPSA) is 73.9 Å². The van der Waals surface area contributed by atoms with Gasteiger partial charge in [-0.1, -0.05) is 24.3 Å². The van der Waals surface area contributed by atoms with Crippen molar-refractivity contribution in [3.05, 3.63) is 60.2 Å². The number of benzene rings is 2. The lowest BCUT2D eigenvalue weighted by atomic mass is 10.2. The van der Waals surface area contributed by atoms with Crippen LogP contribution in [0, 0.1) is 0 Å². The Morgan fingerprint density at radius 1 is 1.08 bits per heavy atom. The summed E-state index contributed by atoms with van der Waals surface area (Å²) >= 11 is 0. The zero-order chi connectivity index (χ0) is 18.8. The lowest BCUT2D eigenvalue weighted by Gasteiger charge is -2.11. The molecule has 0 unspecified atom stereocenters. The summed E-state index contributed by atoms with van der Waals surface area (Å²) in [5.41, 5.74) is 1.35. The van der Waals surface area contributed by atoms with E-state index in [2.05, 4.69) is 5.32 Å². The maximum Gasteiger partial charge on any atom is 0.331 e. The van der Waals surface area contributed by atoms with E-state index < -0.39 is 11.9 Å². The maximum atomic E-state index is 11.9. The van der Waals surface area contributed by atoms with E-state index in [4.69, 9.17) is 14.2 Å². The molecule has 2 rings (SSSR count). The average molecular weight is 355 g/mol. The highest BCUT2D eigenvalue weighted by Gasteiger charge is 2.09. The van der Waals surface area contributed by atoms with Crippen molar-refractivity contribution in [2.24, 2.45) is 0 Å². The third-order valence-corrected chi connectivity index (χ3v) is 3.33. The molecule has 2 aromatic carbocycles. The molecule has 0 spiro atoms. The highest BCUT2D eigenvalue weighted by molar-refractivity contribution is 5.95. The fraction of sp³-hybridized carbons (Fsp3) is 0.200. The van der Waals surface area contributed by atoms with E-state index in [1.807, 2.05) is 13.0 Å². The van der Waals surface area contributed by atoms with Gasteiger partial charge in [0.25, 0.3) is 5.91 Å². The summed E-state index contributed by atoms with van der Waals surface area (Å²) < 4.78 is 15.4. The Bertz CT molecular complexity index is 768. The van der Waals surface area contributed by atoms with Gasteiger partial charge in [0.1, 0.15) is 11.5 Å². The van der Waals surface area contributed by atoms with Crippen LogP contribution in [0.2, 0.25) is 0 Å². The number of amides is 1. The molecule has 0 aliphatic carbocycles. The van der Waals surface area contributed by atoms with Gasteiger partial charge < -0.3 is 19.5 Å². The number of anilines is 1. The number of ether oxygens (including phenoxy) is 3. The number of hydrogen-bond donors (Lipinski definition) is 1. The van der Waals surface area contributed by atoms with Crippen LogP contribution in [0.5, 0.6) is 11.5 Å². The Hall–Kier alpha value is -3.28. The number of rotatable bonds is 8. The molecule has 0 aromatic heterocycles. The largest absolute Gasteiger partial charge is 0.497 e. The fourth-order valence-corrected chi connectivity index (χ4v) is 2.10. The number of nitrogens with one attached hydrogen (secondary N) is 1. The fourth-order valence-electron chi connectivity index (χ4n) is 2.10. The summed E-state index contributed by atoms with van der Waals surface area (Å²) in [5.74, 6) is 0.250. The van der Waals surface area contributed by atoms with Crippen molar-refractivity contribution in [3.63, 3.8) is 0 Å². The van der Waals surface area contributed by atoms with Crippen molar-refractivity contribution in [2.45, 2.75) is 6.92 Å². The van der Waals surface area contributed by atoms with Crippen molar-refractivity contribution in [2.75, 3.05) is 25.6 Å². The minimum Gasteiger partial charge on any atom is -0.497 e. The van der Waals surface area contributed by atoms with E-state index in [-0.39, 0.29) is 6.61 Å². The molecule has 1 amide bonds. The minimum absolute atomic E-state index is 0.383. The van der Waals surface area contributed by atoms with Crippen molar-refractivity contribution in [1.82, 2.24) is 0 Å². The second-order valence-electron chi connectivity index (χ2n) is 5.19. The molecule has 0 saturated heterocycles. The number of para-hydroxylation sites is 2. The smallest absolute Gasteiger partial charge is 0.331 e. The summed E-state index contributed by atoms with van der Waals surface area (Å²) in [6, 6.07) is 14.2. The second kappa shape index (κ2) is 9.88. The maximum absolute atomic E-state index is 11.9. The van der Waals surface area contributed by atoms with Crippen molar-refractivity contribution in [1.29, 1.82) is 0 Å². The summed E-state index contributed by atoms with van der Waals surface area (Å²) in [6.45, 7) is 1.96. The van der Waals surface area contributed by atoms with E-state index in [1.165, 1.54) is 6.08 Å². The molecule has 0 heterocycles.